The molecule has 0 atom stereocenters. The molecule has 1 nitrogen and oxygen atoms in total. The van der Waals surface area contributed by atoms with Crippen molar-refractivity contribution in [3.63, 3.8) is 0 Å². The van der Waals surface area contributed by atoms with Crippen LogP contribution in [-0.4, -0.2) is 6.54 Å². The Morgan fingerprint density at radius 1 is 0.778 bits per heavy atom. The molecule has 0 saturated heterocycles. The molecule has 0 saturated carbocycles. The van der Waals surface area contributed by atoms with Crippen LogP contribution in [0.15, 0.2) is 64.4 Å². The minimum atomic E-state index is 0.794. The lowest BCUT2D eigenvalue weighted by Gasteiger charge is -2.04. The van der Waals surface area contributed by atoms with Crippen molar-refractivity contribution in [2.24, 2.45) is 5.73 Å². The Morgan fingerprint density at radius 3 is 2.11 bits per heavy atom. The molecule has 0 aromatic heterocycles. The van der Waals surface area contributed by atoms with Gasteiger partial charge >= 0.3 is 0 Å². The average Bonchev–Trinajstić information content (AvgIpc) is 2.42. The fourth-order valence-electron chi connectivity index (χ4n) is 1.82. The van der Waals surface area contributed by atoms with Gasteiger partial charge in [-0.2, -0.15) is 0 Å². The van der Waals surface area contributed by atoms with Crippen molar-refractivity contribution >= 4 is 11.8 Å². The van der Waals surface area contributed by atoms with E-state index in [-0.39, 0.29) is 0 Å². The minimum Gasteiger partial charge on any atom is -0.330 e. The first kappa shape index (κ1) is 13.2. The topological polar surface area (TPSA) is 26.0 Å². The third kappa shape index (κ3) is 4.21. The molecule has 0 bridgehead atoms. The predicted molar refractivity (Wildman–Crippen MR) is 79.0 cm³/mol. The van der Waals surface area contributed by atoms with Crippen molar-refractivity contribution in [3.8, 4) is 0 Å². The standard InChI is InChI=1S/C16H19NS/c17-13-5-4-6-14-9-11-16(12-10-14)18-15-7-2-1-3-8-15/h1-3,7-12H,4-6,13,17H2. The van der Waals surface area contributed by atoms with Crippen molar-refractivity contribution in [3.05, 3.63) is 60.2 Å². The van der Waals surface area contributed by atoms with Gasteiger partial charge in [0.1, 0.15) is 0 Å². The van der Waals surface area contributed by atoms with Crippen LogP contribution in [0.2, 0.25) is 0 Å². The van der Waals surface area contributed by atoms with Crippen LogP contribution in [0.3, 0.4) is 0 Å². The predicted octanol–water partition coefficient (Wildman–Crippen LogP) is 4.12. The smallest absolute Gasteiger partial charge is 0.0122 e. The Hall–Kier alpha value is -1.25. The first-order valence-corrected chi connectivity index (χ1v) is 7.22. The highest BCUT2D eigenvalue weighted by atomic mass is 32.2. The summed E-state index contributed by atoms with van der Waals surface area (Å²) in [4.78, 5) is 2.58. The molecule has 94 valence electrons. The number of rotatable bonds is 6. The monoisotopic (exact) mass is 257 g/mol. The van der Waals surface area contributed by atoms with Gasteiger partial charge < -0.3 is 5.73 Å². The van der Waals surface area contributed by atoms with Gasteiger partial charge in [-0.25, -0.2) is 0 Å². The molecule has 18 heavy (non-hydrogen) atoms. The summed E-state index contributed by atoms with van der Waals surface area (Å²) in [6, 6.07) is 19.3. The molecule has 2 rings (SSSR count). The average molecular weight is 257 g/mol. The second kappa shape index (κ2) is 7.24. The van der Waals surface area contributed by atoms with Crippen molar-refractivity contribution in [1.82, 2.24) is 0 Å². The number of unbranched alkanes of at least 4 members (excludes halogenated alkanes) is 1. The molecule has 2 N–H and O–H groups in total. The van der Waals surface area contributed by atoms with E-state index in [1.807, 2.05) is 6.07 Å². The lowest BCUT2D eigenvalue weighted by molar-refractivity contribution is 0.744. The molecule has 2 heteroatoms. The normalized spacial score (nSPS) is 10.5. The van der Waals surface area contributed by atoms with Crippen LogP contribution in [0, 0.1) is 0 Å². The number of hydrogen-bond donors (Lipinski definition) is 1. The van der Waals surface area contributed by atoms with Crippen LogP contribution in [0.1, 0.15) is 18.4 Å². The van der Waals surface area contributed by atoms with Gasteiger partial charge in [0.25, 0.3) is 0 Å². The van der Waals surface area contributed by atoms with Gasteiger partial charge in [0, 0.05) is 9.79 Å². The van der Waals surface area contributed by atoms with Crippen LogP contribution in [0.25, 0.3) is 0 Å². The Balaban J connectivity index is 1.91. The molecule has 0 aliphatic carbocycles. The van der Waals surface area contributed by atoms with Crippen molar-refractivity contribution in [2.75, 3.05) is 6.54 Å². The Kier molecular flexibility index (Phi) is 5.31. The molecule has 0 aliphatic rings. The first-order valence-electron chi connectivity index (χ1n) is 6.40. The van der Waals surface area contributed by atoms with Crippen LogP contribution >= 0.6 is 11.8 Å². The largest absolute Gasteiger partial charge is 0.330 e. The summed E-state index contributed by atoms with van der Waals surface area (Å²) in [5.74, 6) is 0. The van der Waals surface area contributed by atoms with Gasteiger partial charge in [-0.05, 0) is 55.6 Å². The van der Waals surface area contributed by atoms with Gasteiger partial charge in [0.15, 0.2) is 0 Å². The number of nitrogens with two attached hydrogens (primary N) is 1. The van der Waals surface area contributed by atoms with E-state index < -0.39 is 0 Å². The van der Waals surface area contributed by atoms with Gasteiger partial charge in [-0.3, -0.25) is 0 Å². The molecule has 2 aromatic rings. The lowest BCUT2D eigenvalue weighted by atomic mass is 10.1. The van der Waals surface area contributed by atoms with Crippen LogP contribution in [0.4, 0.5) is 0 Å². The van der Waals surface area contributed by atoms with E-state index in [0.29, 0.717) is 0 Å². The molecule has 0 unspecified atom stereocenters. The van der Waals surface area contributed by atoms with Crippen LogP contribution < -0.4 is 5.73 Å². The number of hydrogen-bond acceptors (Lipinski definition) is 2. The molecule has 0 radical (unpaired) electrons. The second-order valence-electron chi connectivity index (χ2n) is 4.30. The minimum absolute atomic E-state index is 0.794. The summed E-state index contributed by atoms with van der Waals surface area (Å²) in [7, 11) is 0. The maximum Gasteiger partial charge on any atom is 0.0122 e. The van der Waals surface area contributed by atoms with Gasteiger partial charge in [0.05, 0.1) is 0 Å². The van der Waals surface area contributed by atoms with E-state index in [2.05, 4.69) is 48.5 Å². The molecule has 0 heterocycles. The highest BCUT2D eigenvalue weighted by molar-refractivity contribution is 7.99. The third-order valence-electron chi connectivity index (χ3n) is 2.82. The van der Waals surface area contributed by atoms with E-state index in [4.69, 9.17) is 5.73 Å². The van der Waals surface area contributed by atoms with Crippen LogP contribution in [0.5, 0.6) is 0 Å². The van der Waals surface area contributed by atoms with E-state index in [9.17, 15) is 0 Å². The van der Waals surface area contributed by atoms with Gasteiger partial charge in [-0.15, -0.1) is 0 Å². The Bertz CT molecular complexity index is 450. The van der Waals surface area contributed by atoms with E-state index in [0.717, 1.165) is 19.4 Å². The first-order chi connectivity index (χ1) is 8.88. The summed E-state index contributed by atoms with van der Waals surface area (Å²) in [6.45, 7) is 0.794. The molecule has 0 spiro atoms. The quantitative estimate of drug-likeness (QED) is 0.788. The highest BCUT2D eigenvalue weighted by Gasteiger charge is 1.97. The zero-order valence-electron chi connectivity index (χ0n) is 10.5. The van der Waals surface area contributed by atoms with E-state index >= 15 is 0 Å². The summed E-state index contributed by atoms with van der Waals surface area (Å²) >= 11 is 1.80. The molecular weight excluding hydrogens is 238 g/mol. The van der Waals surface area contributed by atoms with E-state index in [1.54, 1.807) is 11.8 Å². The van der Waals surface area contributed by atoms with Crippen molar-refractivity contribution in [2.45, 2.75) is 29.1 Å². The molecular formula is C16H19NS. The highest BCUT2D eigenvalue weighted by Crippen LogP contribution is 2.27. The number of benzene rings is 2. The number of aryl methyl sites for hydroxylation is 1. The van der Waals surface area contributed by atoms with Crippen molar-refractivity contribution < 1.29 is 0 Å². The van der Waals surface area contributed by atoms with E-state index in [1.165, 1.54) is 21.8 Å². The third-order valence-corrected chi connectivity index (χ3v) is 3.84. The van der Waals surface area contributed by atoms with Gasteiger partial charge in [0.2, 0.25) is 0 Å². The molecule has 0 aliphatic heterocycles. The Morgan fingerprint density at radius 2 is 1.44 bits per heavy atom. The molecule has 0 amide bonds. The van der Waals surface area contributed by atoms with Crippen LogP contribution in [-0.2, 0) is 6.42 Å². The summed E-state index contributed by atoms with van der Waals surface area (Å²) in [5.41, 5.74) is 6.90. The molecule has 0 fully saturated rings. The lowest BCUT2D eigenvalue weighted by Crippen LogP contribution is -1.98. The SMILES string of the molecule is NCCCCc1ccc(Sc2ccccc2)cc1. The Labute approximate surface area is 113 Å². The second-order valence-corrected chi connectivity index (χ2v) is 5.45. The maximum absolute atomic E-state index is 5.50. The summed E-state index contributed by atoms with van der Waals surface area (Å²) in [6.07, 6.45) is 3.43. The molecule has 2 aromatic carbocycles. The summed E-state index contributed by atoms with van der Waals surface area (Å²) < 4.78 is 0. The fourth-order valence-corrected chi connectivity index (χ4v) is 2.66. The van der Waals surface area contributed by atoms with Crippen molar-refractivity contribution in [1.29, 1.82) is 0 Å². The summed E-state index contributed by atoms with van der Waals surface area (Å²) in [5, 5.41) is 0. The maximum atomic E-state index is 5.50. The zero-order chi connectivity index (χ0) is 12.6. The fraction of sp³-hybridized carbons (Fsp3) is 0.250. The zero-order valence-corrected chi connectivity index (χ0v) is 11.3. The van der Waals surface area contributed by atoms with Gasteiger partial charge in [-0.1, -0.05) is 42.1 Å².